The van der Waals surface area contributed by atoms with E-state index in [0.29, 0.717) is 0 Å². The van der Waals surface area contributed by atoms with Gasteiger partial charge in [-0.2, -0.15) is 5.10 Å². The van der Waals surface area contributed by atoms with E-state index in [1.165, 1.54) is 19.3 Å². The third kappa shape index (κ3) is 2.57. The molecule has 0 atom stereocenters. The zero-order valence-corrected chi connectivity index (χ0v) is 11.6. The lowest BCUT2D eigenvalue weighted by Crippen LogP contribution is -2.25. The summed E-state index contributed by atoms with van der Waals surface area (Å²) < 4.78 is 1.94. The van der Waals surface area contributed by atoms with Gasteiger partial charge in [0.1, 0.15) is 0 Å². The Morgan fingerprint density at radius 2 is 2.00 bits per heavy atom. The SMILES string of the molecule is CCn1nc(C)c(NC(=O)C2CCCCC2)c1C. The minimum Gasteiger partial charge on any atom is -0.323 e. The second-order valence-electron chi connectivity index (χ2n) is 5.19. The van der Waals surface area contributed by atoms with Gasteiger partial charge in [0.15, 0.2) is 0 Å². The number of anilines is 1. The maximum atomic E-state index is 12.2. The van der Waals surface area contributed by atoms with Crippen LogP contribution in [0.2, 0.25) is 0 Å². The van der Waals surface area contributed by atoms with Crippen molar-refractivity contribution in [3.05, 3.63) is 11.4 Å². The number of nitrogens with one attached hydrogen (secondary N) is 1. The minimum absolute atomic E-state index is 0.177. The van der Waals surface area contributed by atoms with E-state index in [1.807, 2.05) is 18.5 Å². The molecule has 100 valence electrons. The van der Waals surface area contributed by atoms with Crippen LogP contribution in [-0.4, -0.2) is 15.7 Å². The summed E-state index contributed by atoms with van der Waals surface area (Å²) in [6.07, 6.45) is 5.71. The van der Waals surface area contributed by atoms with E-state index in [2.05, 4.69) is 17.3 Å². The molecular formula is C14H23N3O. The van der Waals surface area contributed by atoms with Crippen molar-refractivity contribution in [1.82, 2.24) is 9.78 Å². The van der Waals surface area contributed by atoms with Crippen molar-refractivity contribution in [2.45, 2.75) is 59.4 Å². The predicted octanol–water partition coefficient (Wildman–Crippen LogP) is 3.04. The molecule has 0 aliphatic heterocycles. The Balaban J connectivity index is 2.08. The zero-order chi connectivity index (χ0) is 13.1. The molecule has 0 bridgehead atoms. The van der Waals surface area contributed by atoms with Crippen molar-refractivity contribution in [1.29, 1.82) is 0 Å². The first-order valence-corrected chi connectivity index (χ1v) is 6.98. The Hall–Kier alpha value is -1.32. The third-order valence-corrected chi connectivity index (χ3v) is 3.91. The van der Waals surface area contributed by atoms with Crippen LogP contribution in [0.3, 0.4) is 0 Å². The maximum Gasteiger partial charge on any atom is 0.227 e. The van der Waals surface area contributed by atoms with Crippen LogP contribution in [0.5, 0.6) is 0 Å². The Bertz CT molecular complexity index is 430. The molecule has 0 saturated heterocycles. The summed E-state index contributed by atoms with van der Waals surface area (Å²) in [6.45, 7) is 6.87. The summed E-state index contributed by atoms with van der Waals surface area (Å²) >= 11 is 0. The molecule has 1 amide bonds. The van der Waals surface area contributed by atoms with E-state index >= 15 is 0 Å². The fraction of sp³-hybridized carbons (Fsp3) is 0.714. The van der Waals surface area contributed by atoms with Gasteiger partial charge in [-0.05, 0) is 33.6 Å². The lowest BCUT2D eigenvalue weighted by Gasteiger charge is -2.20. The van der Waals surface area contributed by atoms with Gasteiger partial charge in [-0.3, -0.25) is 9.48 Å². The molecule has 18 heavy (non-hydrogen) atoms. The first kappa shape index (κ1) is 13.1. The second-order valence-corrected chi connectivity index (χ2v) is 5.19. The van der Waals surface area contributed by atoms with E-state index < -0.39 is 0 Å². The molecule has 1 aliphatic carbocycles. The van der Waals surface area contributed by atoms with Crippen molar-refractivity contribution in [3.63, 3.8) is 0 Å². The quantitative estimate of drug-likeness (QED) is 0.895. The fourth-order valence-corrected chi connectivity index (χ4v) is 2.78. The van der Waals surface area contributed by atoms with E-state index in [4.69, 9.17) is 0 Å². The van der Waals surface area contributed by atoms with Gasteiger partial charge in [-0.1, -0.05) is 19.3 Å². The highest BCUT2D eigenvalue weighted by Gasteiger charge is 2.23. The molecule has 1 saturated carbocycles. The van der Waals surface area contributed by atoms with E-state index in [9.17, 15) is 4.79 Å². The smallest absolute Gasteiger partial charge is 0.227 e. The standard InChI is InChI=1S/C14H23N3O/c1-4-17-11(3)13(10(2)16-17)15-14(18)12-8-6-5-7-9-12/h12H,4-9H2,1-3H3,(H,15,18). The summed E-state index contributed by atoms with van der Waals surface area (Å²) in [5, 5.41) is 7.51. The average molecular weight is 249 g/mol. The van der Waals surface area contributed by atoms with Crippen LogP contribution in [-0.2, 0) is 11.3 Å². The van der Waals surface area contributed by atoms with Crippen LogP contribution in [0.1, 0.15) is 50.4 Å². The van der Waals surface area contributed by atoms with Crippen LogP contribution in [0.25, 0.3) is 0 Å². The maximum absolute atomic E-state index is 12.2. The highest BCUT2D eigenvalue weighted by Crippen LogP contribution is 2.26. The molecule has 4 heteroatoms. The summed E-state index contributed by atoms with van der Waals surface area (Å²) in [5.74, 6) is 0.374. The van der Waals surface area contributed by atoms with Crippen molar-refractivity contribution in [2.75, 3.05) is 5.32 Å². The first-order chi connectivity index (χ1) is 8.63. The topological polar surface area (TPSA) is 46.9 Å². The number of hydrogen-bond donors (Lipinski definition) is 1. The first-order valence-electron chi connectivity index (χ1n) is 6.98. The molecule has 0 radical (unpaired) electrons. The summed E-state index contributed by atoms with van der Waals surface area (Å²) in [4.78, 5) is 12.2. The lowest BCUT2D eigenvalue weighted by molar-refractivity contribution is -0.120. The number of amides is 1. The summed E-state index contributed by atoms with van der Waals surface area (Å²) in [7, 11) is 0. The number of carbonyl (C=O) groups excluding carboxylic acids is 1. The van der Waals surface area contributed by atoms with Crippen molar-refractivity contribution < 1.29 is 4.79 Å². The van der Waals surface area contributed by atoms with Gasteiger partial charge >= 0.3 is 0 Å². The molecule has 2 rings (SSSR count). The Morgan fingerprint density at radius 3 is 2.56 bits per heavy atom. The van der Waals surface area contributed by atoms with E-state index in [0.717, 1.165) is 36.5 Å². The number of hydrogen-bond acceptors (Lipinski definition) is 2. The Kier molecular flexibility index (Phi) is 4.04. The molecule has 0 unspecified atom stereocenters. The van der Waals surface area contributed by atoms with Gasteiger partial charge in [0.25, 0.3) is 0 Å². The number of rotatable bonds is 3. The van der Waals surface area contributed by atoms with Gasteiger partial charge < -0.3 is 5.32 Å². The van der Waals surface area contributed by atoms with Crippen molar-refractivity contribution in [3.8, 4) is 0 Å². The van der Waals surface area contributed by atoms with Crippen LogP contribution >= 0.6 is 0 Å². The van der Waals surface area contributed by atoms with Crippen molar-refractivity contribution in [2.24, 2.45) is 5.92 Å². The summed E-state index contributed by atoms with van der Waals surface area (Å²) in [5.41, 5.74) is 2.88. The third-order valence-electron chi connectivity index (χ3n) is 3.91. The number of aromatic nitrogens is 2. The largest absolute Gasteiger partial charge is 0.323 e. The molecular weight excluding hydrogens is 226 g/mol. The second kappa shape index (κ2) is 5.55. The highest BCUT2D eigenvalue weighted by molar-refractivity contribution is 5.93. The van der Waals surface area contributed by atoms with Crippen LogP contribution < -0.4 is 5.32 Å². The Morgan fingerprint density at radius 1 is 1.33 bits per heavy atom. The van der Waals surface area contributed by atoms with Crippen molar-refractivity contribution >= 4 is 11.6 Å². The van der Waals surface area contributed by atoms with Crippen LogP contribution in [0.15, 0.2) is 0 Å². The number of nitrogens with zero attached hydrogens (tertiary/aromatic N) is 2. The van der Waals surface area contributed by atoms with E-state index in [-0.39, 0.29) is 11.8 Å². The molecule has 1 heterocycles. The Labute approximate surface area is 109 Å². The molecule has 0 spiro atoms. The molecule has 1 fully saturated rings. The highest BCUT2D eigenvalue weighted by atomic mass is 16.1. The molecule has 1 aliphatic rings. The average Bonchev–Trinajstić information content (AvgIpc) is 2.67. The zero-order valence-electron chi connectivity index (χ0n) is 11.6. The molecule has 0 aromatic carbocycles. The van der Waals surface area contributed by atoms with Gasteiger partial charge in [0.05, 0.1) is 17.1 Å². The number of aryl methyl sites for hydroxylation is 2. The fourth-order valence-electron chi connectivity index (χ4n) is 2.78. The molecule has 1 aromatic rings. The van der Waals surface area contributed by atoms with Crippen LogP contribution in [0.4, 0.5) is 5.69 Å². The van der Waals surface area contributed by atoms with Gasteiger partial charge in [0, 0.05) is 12.5 Å². The van der Waals surface area contributed by atoms with Gasteiger partial charge in [0.2, 0.25) is 5.91 Å². The van der Waals surface area contributed by atoms with Crippen LogP contribution in [0, 0.1) is 19.8 Å². The number of carbonyl (C=O) groups is 1. The van der Waals surface area contributed by atoms with E-state index in [1.54, 1.807) is 0 Å². The normalized spacial score (nSPS) is 16.8. The molecule has 1 aromatic heterocycles. The predicted molar refractivity (Wildman–Crippen MR) is 72.6 cm³/mol. The van der Waals surface area contributed by atoms with Gasteiger partial charge in [-0.15, -0.1) is 0 Å². The monoisotopic (exact) mass is 249 g/mol. The van der Waals surface area contributed by atoms with Gasteiger partial charge in [-0.25, -0.2) is 0 Å². The minimum atomic E-state index is 0.177. The lowest BCUT2D eigenvalue weighted by atomic mass is 9.88. The summed E-state index contributed by atoms with van der Waals surface area (Å²) in [6, 6.07) is 0. The molecule has 4 nitrogen and oxygen atoms in total. The molecule has 1 N–H and O–H groups in total.